The van der Waals surface area contributed by atoms with Crippen LogP contribution < -0.4 is 11.1 Å². The molecule has 4 N–H and O–H groups in total. The predicted molar refractivity (Wildman–Crippen MR) is 58.0 cm³/mol. The fourth-order valence-electron chi connectivity index (χ4n) is 1.19. The van der Waals surface area contributed by atoms with E-state index in [1.807, 2.05) is 30.3 Å². The van der Waals surface area contributed by atoms with Crippen molar-refractivity contribution in [3.63, 3.8) is 0 Å². The number of nitrogens with one attached hydrogen (secondary N) is 1. The first-order valence-electron chi connectivity index (χ1n) is 4.94. The van der Waals surface area contributed by atoms with Crippen LogP contribution in [0.15, 0.2) is 30.3 Å². The molecule has 1 atom stereocenters. The zero-order chi connectivity index (χ0) is 11.1. The molecule has 0 heterocycles. The van der Waals surface area contributed by atoms with Crippen molar-refractivity contribution in [2.24, 2.45) is 5.73 Å². The first-order valence-corrected chi connectivity index (χ1v) is 4.94. The summed E-state index contributed by atoms with van der Waals surface area (Å²) in [5, 5.41) is 11.9. The van der Waals surface area contributed by atoms with Gasteiger partial charge in [0, 0.05) is 6.54 Å². The van der Waals surface area contributed by atoms with Gasteiger partial charge in [-0.1, -0.05) is 30.3 Å². The Labute approximate surface area is 89.1 Å². The number of aliphatic hydroxyl groups excluding tert-OH is 1. The van der Waals surface area contributed by atoms with Crippen LogP contribution in [0.5, 0.6) is 0 Å². The zero-order valence-electron chi connectivity index (χ0n) is 8.52. The second-order valence-electron chi connectivity index (χ2n) is 3.30. The van der Waals surface area contributed by atoms with Gasteiger partial charge in [-0.3, -0.25) is 4.79 Å². The molecular weight excluding hydrogens is 192 g/mol. The van der Waals surface area contributed by atoms with E-state index >= 15 is 0 Å². The predicted octanol–water partition coefficient (Wildman–Crippen LogP) is 0.0125. The Bertz CT molecular complexity index is 301. The van der Waals surface area contributed by atoms with E-state index in [-0.39, 0.29) is 5.91 Å². The Balaban J connectivity index is 2.34. The average Bonchev–Trinajstić information content (AvgIpc) is 2.27. The SMILES string of the molecule is NCCC(O)C(=O)NCc1ccccc1. The highest BCUT2D eigenvalue weighted by Gasteiger charge is 2.12. The third-order valence-corrected chi connectivity index (χ3v) is 2.05. The molecule has 0 bridgehead atoms. The summed E-state index contributed by atoms with van der Waals surface area (Å²) < 4.78 is 0. The minimum atomic E-state index is -1.00. The summed E-state index contributed by atoms with van der Waals surface area (Å²) in [6, 6.07) is 9.54. The molecule has 1 unspecified atom stereocenters. The monoisotopic (exact) mass is 208 g/mol. The highest BCUT2D eigenvalue weighted by molar-refractivity contribution is 5.80. The number of rotatable bonds is 5. The van der Waals surface area contributed by atoms with Crippen LogP contribution in [0.1, 0.15) is 12.0 Å². The van der Waals surface area contributed by atoms with Crippen LogP contribution in [-0.2, 0) is 11.3 Å². The molecule has 0 aliphatic carbocycles. The summed E-state index contributed by atoms with van der Waals surface area (Å²) in [6.07, 6.45) is -0.709. The fraction of sp³-hybridized carbons (Fsp3) is 0.364. The third kappa shape index (κ3) is 4.10. The molecule has 0 radical (unpaired) electrons. The van der Waals surface area contributed by atoms with Gasteiger partial charge in [-0.15, -0.1) is 0 Å². The molecule has 15 heavy (non-hydrogen) atoms. The van der Waals surface area contributed by atoms with Crippen LogP contribution in [-0.4, -0.2) is 23.7 Å². The maximum Gasteiger partial charge on any atom is 0.249 e. The minimum Gasteiger partial charge on any atom is -0.383 e. The van der Waals surface area contributed by atoms with Crippen molar-refractivity contribution in [2.75, 3.05) is 6.54 Å². The zero-order valence-corrected chi connectivity index (χ0v) is 8.52. The van der Waals surface area contributed by atoms with E-state index in [0.29, 0.717) is 19.5 Å². The molecule has 1 aromatic rings. The van der Waals surface area contributed by atoms with Gasteiger partial charge in [0.05, 0.1) is 0 Å². The highest BCUT2D eigenvalue weighted by atomic mass is 16.3. The summed E-state index contributed by atoms with van der Waals surface area (Å²) in [5.74, 6) is -0.371. The third-order valence-electron chi connectivity index (χ3n) is 2.05. The molecule has 0 aromatic heterocycles. The molecule has 0 fully saturated rings. The molecule has 4 nitrogen and oxygen atoms in total. The fourth-order valence-corrected chi connectivity index (χ4v) is 1.19. The van der Waals surface area contributed by atoms with Crippen LogP contribution >= 0.6 is 0 Å². The summed E-state index contributed by atoms with van der Waals surface area (Å²) in [5.41, 5.74) is 6.24. The summed E-state index contributed by atoms with van der Waals surface area (Å²) in [4.78, 5) is 11.3. The van der Waals surface area contributed by atoms with Crippen molar-refractivity contribution in [3.05, 3.63) is 35.9 Å². The van der Waals surface area contributed by atoms with Crippen molar-refractivity contribution in [2.45, 2.75) is 19.1 Å². The molecule has 82 valence electrons. The Morgan fingerprint density at radius 1 is 1.40 bits per heavy atom. The van der Waals surface area contributed by atoms with Crippen molar-refractivity contribution in [1.82, 2.24) is 5.32 Å². The standard InChI is InChI=1S/C11H16N2O2/c12-7-6-10(14)11(15)13-8-9-4-2-1-3-5-9/h1-5,10,14H,6-8,12H2,(H,13,15). The largest absolute Gasteiger partial charge is 0.383 e. The first-order chi connectivity index (χ1) is 7.24. The second-order valence-corrected chi connectivity index (χ2v) is 3.30. The second kappa shape index (κ2) is 6.16. The molecule has 0 aliphatic heterocycles. The normalized spacial score (nSPS) is 12.1. The highest BCUT2D eigenvalue weighted by Crippen LogP contribution is 1.98. The van der Waals surface area contributed by atoms with E-state index in [4.69, 9.17) is 5.73 Å². The van der Waals surface area contributed by atoms with Crippen LogP contribution in [0.4, 0.5) is 0 Å². The van der Waals surface area contributed by atoms with E-state index in [0.717, 1.165) is 5.56 Å². The van der Waals surface area contributed by atoms with Gasteiger partial charge in [-0.25, -0.2) is 0 Å². The van der Waals surface area contributed by atoms with Gasteiger partial charge >= 0.3 is 0 Å². The molecule has 1 amide bonds. The topological polar surface area (TPSA) is 75.3 Å². The van der Waals surface area contributed by atoms with E-state index in [2.05, 4.69) is 5.32 Å². The van der Waals surface area contributed by atoms with E-state index in [1.54, 1.807) is 0 Å². The van der Waals surface area contributed by atoms with Gasteiger partial charge in [-0.2, -0.15) is 0 Å². The van der Waals surface area contributed by atoms with Crippen molar-refractivity contribution in [1.29, 1.82) is 0 Å². The Morgan fingerprint density at radius 3 is 2.67 bits per heavy atom. The number of carbonyl (C=O) groups excluding carboxylic acids is 1. The first kappa shape index (κ1) is 11.7. The lowest BCUT2D eigenvalue weighted by Gasteiger charge is -2.09. The number of aliphatic hydroxyl groups is 1. The van der Waals surface area contributed by atoms with Gasteiger partial charge in [0.1, 0.15) is 6.10 Å². The molecule has 0 saturated heterocycles. The molecular formula is C11H16N2O2. The molecule has 0 aliphatic rings. The minimum absolute atomic E-state index is 0.292. The number of hydrogen-bond acceptors (Lipinski definition) is 3. The number of amides is 1. The quantitative estimate of drug-likeness (QED) is 0.638. The summed E-state index contributed by atoms with van der Waals surface area (Å²) in [7, 11) is 0. The van der Waals surface area contributed by atoms with Gasteiger partial charge in [0.25, 0.3) is 0 Å². The molecule has 0 spiro atoms. The van der Waals surface area contributed by atoms with Gasteiger partial charge in [0.2, 0.25) is 5.91 Å². The Morgan fingerprint density at radius 2 is 2.07 bits per heavy atom. The lowest BCUT2D eigenvalue weighted by Crippen LogP contribution is -2.35. The van der Waals surface area contributed by atoms with E-state index in [1.165, 1.54) is 0 Å². The molecule has 1 aromatic carbocycles. The summed E-state index contributed by atoms with van der Waals surface area (Å²) >= 11 is 0. The number of benzene rings is 1. The van der Waals surface area contributed by atoms with Gasteiger partial charge in [-0.05, 0) is 18.5 Å². The van der Waals surface area contributed by atoms with Crippen LogP contribution in [0.2, 0.25) is 0 Å². The number of nitrogens with two attached hydrogens (primary N) is 1. The Kier molecular flexibility index (Phi) is 4.80. The van der Waals surface area contributed by atoms with Gasteiger partial charge in [0.15, 0.2) is 0 Å². The van der Waals surface area contributed by atoms with Gasteiger partial charge < -0.3 is 16.2 Å². The maximum atomic E-state index is 11.3. The molecule has 1 rings (SSSR count). The molecule has 0 saturated carbocycles. The smallest absolute Gasteiger partial charge is 0.249 e. The lowest BCUT2D eigenvalue weighted by atomic mass is 10.2. The van der Waals surface area contributed by atoms with Crippen LogP contribution in [0.3, 0.4) is 0 Å². The van der Waals surface area contributed by atoms with Crippen LogP contribution in [0, 0.1) is 0 Å². The van der Waals surface area contributed by atoms with Crippen molar-refractivity contribution >= 4 is 5.91 Å². The van der Waals surface area contributed by atoms with E-state index in [9.17, 15) is 9.90 Å². The maximum absolute atomic E-state index is 11.3. The molecule has 4 heteroatoms. The van der Waals surface area contributed by atoms with Crippen molar-refractivity contribution in [3.8, 4) is 0 Å². The van der Waals surface area contributed by atoms with E-state index < -0.39 is 6.10 Å². The lowest BCUT2D eigenvalue weighted by molar-refractivity contribution is -0.129. The average molecular weight is 208 g/mol. The number of hydrogen-bond donors (Lipinski definition) is 3. The van der Waals surface area contributed by atoms with Crippen molar-refractivity contribution < 1.29 is 9.90 Å². The summed E-state index contributed by atoms with van der Waals surface area (Å²) in [6.45, 7) is 0.737. The van der Waals surface area contributed by atoms with Crippen LogP contribution in [0.25, 0.3) is 0 Å². The Hall–Kier alpha value is -1.39. The number of carbonyl (C=O) groups is 1.